The van der Waals surface area contributed by atoms with Crippen molar-refractivity contribution in [2.24, 2.45) is 0 Å². The summed E-state index contributed by atoms with van der Waals surface area (Å²) in [5.74, 6) is 1.29. The highest BCUT2D eigenvalue weighted by atomic mass is 19.1. The number of ether oxygens (including phenoxy) is 2. The molecular weight excluding hydrogens is 461 g/mol. The van der Waals surface area contributed by atoms with Crippen molar-refractivity contribution in [3.05, 3.63) is 107 Å². The first-order chi connectivity index (χ1) is 17.5. The molecule has 1 atom stereocenters. The van der Waals surface area contributed by atoms with E-state index in [0.717, 1.165) is 11.1 Å². The molecule has 0 bridgehead atoms. The number of carbonyl (C=O) groups excluding carboxylic acids is 1. The van der Waals surface area contributed by atoms with Crippen LogP contribution >= 0.6 is 0 Å². The second-order valence-corrected chi connectivity index (χ2v) is 8.26. The van der Waals surface area contributed by atoms with Crippen molar-refractivity contribution in [3.63, 3.8) is 0 Å². The van der Waals surface area contributed by atoms with Gasteiger partial charge in [0.05, 0.1) is 12.7 Å². The summed E-state index contributed by atoms with van der Waals surface area (Å²) < 4.78 is 26.0. The number of amides is 1. The summed E-state index contributed by atoms with van der Waals surface area (Å²) in [5.41, 5.74) is 3.46. The van der Waals surface area contributed by atoms with E-state index >= 15 is 0 Å². The SMILES string of the molecule is COc1ccc(NC(=O)C2=C(C)Nc3ncnn3[C@H]2c2cccc(OCc3ccc(F)cc3)c2)cc1. The Labute approximate surface area is 207 Å². The fourth-order valence-electron chi connectivity index (χ4n) is 4.09. The van der Waals surface area contributed by atoms with Gasteiger partial charge in [-0.1, -0.05) is 24.3 Å². The van der Waals surface area contributed by atoms with Crippen LogP contribution in [0.3, 0.4) is 0 Å². The molecule has 5 rings (SSSR count). The van der Waals surface area contributed by atoms with Gasteiger partial charge in [0.1, 0.15) is 36.3 Å². The van der Waals surface area contributed by atoms with Crippen molar-refractivity contribution in [3.8, 4) is 11.5 Å². The molecule has 8 nitrogen and oxygen atoms in total. The number of anilines is 2. The maximum absolute atomic E-state index is 13.5. The molecule has 0 spiro atoms. The molecule has 182 valence electrons. The molecule has 0 radical (unpaired) electrons. The fourth-order valence-corrected chi connectivity index (χ4v) is 4.09. The van der Waals surface area contributed by atoms with E-state index in [1.165, 1.54) is 18.5 Å². The molecular formula is C27H24FN5O3. The molecule has 36 heavy (non-hydrogen) atoms. The summed E-state index contributed by atoms with van der Waals surface area (Å²) >= 11 is 0. The number of nitrogens with zero attached hydrogens (tertiary/aromatic N) is 3. The summed E-state index contributed by atoms with van der Waals surface area (Å²) in [6.45, 7) is 2.12. The average molecular weight is 486 g/mol. The minimum Gasteiger partial charge on any atom is -0.497 e. The van der Waals surface area contributed by atoms with E-state index in [1.54, 1.807) is 48.2 Å². The third-order valence-corrected chi connectivity index (χ3v) is 5.88. The number of hydrogen-bond acceptors (Lipinski definition) is 6. The van der Waals surface area contributed by atoms with Crippen molar-refractivity contribution >= 4 is 17.5 Å². The number of carbonyl (C=O) groups is 1. The van der Waals surface area contributed by atoms with Gasteiger partial charge in [-0.25, -0.2) is 9.07 Å². The zero-order chi connectivity index (χ0) is 25.1. The van der Waals surface area contributed by atoms with Gasteiger partial charge in [0.25, 0.3) is 5.91 Å². The highest BCUT2D eigenvalue weighted by Crippen LogP contribution is 2.36. The van der Waals surface area contributed by atoms with Gasteiger partial charge in [-0.15, -0.1) is 0 Å². The second-order valence-electron chi connectivity index (χ2n) is 8.26. The number of halogens is 1. The van der Waals surface area contributed by atoms with Crippen molar-refractivity contribution < 1.29 is 18.7 Å². The second kappa shape index (κ2) is 9.91. The topological polar surface area (TPSA) is 90.3 Å². The summed E-state index contributed by atoms with van der Waals surface area (Å²) in [7, 11) is 1.59. The molecule has 1 aromatic heterocycles. The summed E-state index contributed by atoms with van der Waals surface area (Å²) in [6.07, 6.45) is 1.45. The third-order valence-electron chi connectivity index (χ3n) is 5.88. The number of nitrogens with one attached hydrogen (secondary N) is 2. The lowest BCUT2D eigenvalue weighted by Gasteiger charge is -2.29. The normalized spacial score (nSPS) is 14.6. The lowest BCUT2D eigenvalue weighted by Crippen LogP contribution is -2.31. The van der Waals surface area contributed by atoms with E-state index < -0.39 is 6.04 Å². The van der Waals surface area contributed by atoms with Crippen LogP contribution in [0.1, 0.15) is 24.1 Å². The van der Waals surface area contributed by atoms with E-state index in [4.69, 9.17) is 9.47 Å². The van der Waals surface area contributed by atoms with Crippen LogP contribution in [0, 0.1) is 5.82 Å². The quantitative estimate of drug-likeness (QED) is 0.386. The molecule has 0 fully saturated rings. The van der Waals surface area contributed by atoms with Gasteiger partial charge in [0.15, 0.2) is 0 Å². The largest absolute Gasteiger partial charge is 0.497 e. The number of fused-ring (bicyclic) bond motifs is 1. The van der Waals surface area contributed by atoms with Crippen LogP contribution in [-0.4, -0.2) is 27.8 Å². The lowest BCUT2D eigenvalue weighted by atomic mass is 9.95. The molecule has 2 heterocycles. The van der Waals surface area contributed by atoms with Crippen molar-refractivity contribution in [2.75, 3.05) is 17.7 Å². The van der Waals surface area contributed by atoms with Crippen molar-refractivity contribution in [2.45, 2.75) is 19.6 Å². The molecule has 0 unspecified atom stereocenters. The minimum atomic E-state index is -0.531. The predicted octanol–water partition coefficient (Wildman–Crippen LogP) is 4.93. The summed E-state index contributed by atoms with van der Waals surface area (Å²) in [5, 5.41) is 10.5. The molecule has 0 saturated carbocycles. The van der Waals surface area contributed by atoms with Crippen LogP contribution in [0.15, 0.2) is 90.4 Å². The molecule has 2 N–H and O–H groups in total. The molecule has 4 aromatic rings. The number of allylic oxidation sites excluding steroid dienone is 1. The molecule has 1 aliphatic rings. The Morgan fingerprint density at radius 3 is 2.61 bits per heavy atom. The molecule has 9 heteroatoms. The highest BCUT2D eigenvalue weighted by Gasteiger charge is 2.33. The molecule has 0 aliphatic carbocycles. The van der Waals surface area contributed by atoms with Gasteiger partial charge < -0.3 is 20.1 Å². The zero-order valence-corrected chi connectivity index (χ0v) is 19.7. The Bertz CT molecular complexity index is 1410. The lowest BCUT2D eigenvalue weighted by molar-refractivity contribution is -0.113. The van der Waals surface area contributed by atoms with Gasteiger partial charge in [0.2, 0.25) is 5.95 Å². The highest BCUT2D eigenvalue weighted by molar-refractivity contribution is 6.06. The number of aromatic nitrogens is 3. The molecule has 1 aliphatic heterocycles. The third kappa shape index (κ3) is 4.76. The van der Waals surface area contributed by atoms with Crippen LogP contribution in [0.2, 0.25) is 0 Å². The van der Waals surface area contributed by atoms with E-state index in [9.17, 15) is 9.18 Å². The molecule has 0 saturated heterocycles. The number of hydrogen-bond donors (Lipinski definition) is 2. The monoisotopic (exact) mass is 485 g/mol. The first-order valence-electron chi connectivity index (χ1n) is 11.3. The minimum absolute atomic E-state index is 0.269. The van der Waals surface area contributed by atoms with Crippen LogP contribution in [0.25, 0.3) is 0 Å². The Kier molecular flexibility index (Phi) is 6.36. The Morgan fingerprint density at radius 2 is 1.86 bits per heavy atom. The van der Waals surface area contributed by atoms with Gasteiger partial charge in [0, 0.05) is 11.4 Å². The van der Waals surface area contributed by atoms with Gasteiger partial charge in [-0.3, -0.25) is 4.79 Å². The van der Waals surface area contributed by atoms with E-state index in [-0.39, 0.29) is 18.3 Å². The van der Waals surface area contributed by atoms with Gasteiger partial charge >= 0.3 is 0 Å². The smallest absolute Gasteiger partial charge is 0.255 e. The van der Waals surface area contributed by atoms with Gasteiger partial charge in [-0.05, 0) is 66.6 Å². The fraction of sp³-hybridized carbons (Fsp3) is 0.148. The predicted molar refractivity (Wildman–Crippen MR) is 133 cm³/mol. The van der Waals surface area contributed by atoms with Crippen LogP contribution in [-0.2, 0) is 11.4 Å². The number of methoxy groups -OCH3 is 1. The maximum atomic E-state index is 13.5. The molecule has 3 aromatic carbocycles. The van der Waals surface area contributed by atoms with E-state index in [2.05, 4.69) is 20.7 Å². The maximum Gasteiger partial charge on any atom is 0.255 e. The zero-order valence-electron chi connectivity index (χ0n) is 19.7. The summed E-state index contributed by atoms with van der Waals surface area (Å²) in [6, 6.07) is 20.3. The Morgan fingerprint density at radius 1 is 1.08 bits per heavy atom. The first kappa shape index (κ1) is 23.1. The standard InChI is InChI=1S/C27H24FN5O3/c1-17-24(26(34)32-21-10-12-22(35-2)13-11-21)25(33-27(31-17)29-16-30-33)19-4-3-5-23(14-19)36-15-18-6-8-20(28)9-7-18/h3-14,16,25H,15H2,1-2H3,(H,32,34)(H,29,30,31)/t25-/m0/s1. The van der Waals surface area contributed by atoms with Crippen LogP contribution < -0.4 is 20.1 Å². The summed E-state index contributed by atoms with van der Waals surface area (Å²) in [4.78, 5) is 17.8. The van der Waals surface area contributed by atoms with Crippen molar-refractivity contribution in [1.82, 2.24) is 14.8 Å². The number of benzene rings is 3. The molecule has 1 amide bonds. The van der Waals surface area contributed by atoms with Crippen LogP contribution in [0.4, 0.5) is 16.0 Å². The van der Waals surface area contributed by atoms with E-state index in [0.29, 0.717) is 34.4 Å². The van der Waals surface area contributed by atoms with Crippen molar-refractivity contribution in [1.29, 1.82) is 0 Å². The van der Waals surface area contributed by atoms with Gasteiger partial charge in [-0.2, -0.15) is 10.1 Å². The Balaban J connectivity index is 1.43. The van der Waals surface area contributed by atoms with E-state index in [1.807, 2.05) is 31.2 Å². The van der Waals surface area contributed by atoms with Crippen LogP contribution in [0.5, 0.6) is 11.5 Å². The number of rotatable bonds is 7. The Hall–Kier alpha value is -4.66. The first-order valence-corrected chi connectivity index (χ1v) is 11.3. The average Bonchev–Trinajstić information content (AvgIpc) is 3.36.